The van der Waals surface area contributed by atoms with Gasteiger partial charge in [0.05, 0.1) is 0 Å². The Morgan fingerprint density at radius 1 is 1.45 bits per heavy atom. The standard InChI is InChI=1S/C10H16O/c1-6-8-4-7(5-9(8)11)10(6,2)3/h6-8H,4-5H2,1-3H3/t6-,7-,8-/m1/s1. The van der Waals surface area contributed by atoms with Crippen molar-refractivity contribution in [2.75, 3.05) is 0 Å². The van der Waals surface area contributed by atoms with Crippen molar-refractivity contribution < 1.29 is 4.79 Å². The number of hydrogen-bond donors (Lipinski definition) is 0. The quantitative estimate of drug-likeness (QED) is 0.520. The molecule has 0 unspecified atom stereocenters. The molecule has 62 valence electrons. The second-order valence-electron chi connectivity index (χ2n) is 4.82. The van der Waals surface area contributed by atoms with E-state index in [1.54, 1.807) is 0 Å². The summed E-state index contributed by atoms with van der Waals surface area (Å²) >= 11 is 0. The van der Waals surface area contributed by atoms with Crippen molar-refractivity contribution in [1.82, 2.24) is 0 Å². The molecular weight excluding hydrogens is 136 g/mol. The fourth-order valence-corrected chi connectivity index (χ4v) is 2.86. The molecular formula is C10H16O. The van der Waals surface area contributed by atoms with Crippen LogP contribution in [0.1, 0.15) is 33.6 Å². The van der Waals surface area contributed by atoms with Crippen LogP contribution in [0.15, 0.2) is 0 Å². The molecule has 2 aliphatic carbocycles. The minimum Gasteiger partial charge on any atom is -0.299 e. The third-order valence-corrected chi connectivity index (χ3v) is 4.23. The van der Waals surface area contributed by atoms with E-state index in [1.165, 1.54) is 6.42 Å². The van der Waals surface area contributed by atoms with Gasteiger partial charge in [-0.15, -0.1) is 0 Å². The van der Waals surface area contributed by atoms with Crippen LogP contribution >= 0.6 is 0 Å². The Balaban J connectivity index is 2.31. The molecule has 0 amide bonds. The Kier molecular flexibility index (Phi) is 1.25. The van der Waals surface area contributed by atoms with Crippen LogP contribution in [-0.4, -0.2) is 5.78 Å². The van der Waals surface area contributed by atoms with E-state index in [2.05, 4.69) is 20.8 Å². The van der Waals surface area contributed by atoms with Crippen LogP contribution in [0.2, 0.25) is 0 Å². The van der Waals surface area contributed by atoms with Crippen molar-refractivity contribution in [1.29, 1.82) is 0 Å². The largest absolute Gasteiger partial charge is 0.299 e. The van der Waals surface area contributed by atoms with Gasteiger partial charge in [0.15, 0.2) is 0 Å². The van der Waals surface area contributed by atoms with Crippen LogP contribution in [0.25, 0.3) is 0 Å². The van der Waals surface area contributed by atoms with Crippen molar-refractivity contribution >= 4 is 5.78 Å². The maximum atomic E-state index is 11.3. The predicted octanol–water partition coefficient (Wildman–Crippen LogP) is 2.26. The van der Waals surface area contributed by atoms with Crippen LogP contribution in [0.5, 0.6) is 0 Å². The molecule has 0 aromatic heterocycles. The highest BCUT2D eigenvalue weighted by Crippen LogP contribution is 2.57. The van der Waals surface area contributed by atoms with Crippen LogP contribution < -0.4 is 0 Å². The van der Waals surface area contributed by atoms with E-state index in [0.717, 1.165) is 6.42 Å². The number of carbonyl (C=O) groups excluding carboxylic acids is 1. The van der Waals surface area contributed by atoms with Crippen LogP contribution in [-0.2, 0) is 4.79 Å². The topological polar surface area (TPSA) is 17.1 Å². The van der Waals surface area contributed by atoms with Gasteiger partial charge in [0.2, 0.25) is 0 Å². The molecule has 2 bridgehead atoms. The maximum Gasteiger partial charge on any atom is 0.136 e. The number of ketones is 1. The zero-order valence-electron chi connectivity index (χ0n) is 7.55. The SMILES string of the molecule is C[C@@H]1[C@H]2C[C@H](CC2=O)C1(C)C. The second-order valence-corrected chi connectivity index (χ2v) is 4.82. The van der Waals surface area contributed by atoms with Gasteiger partial charge in [-0.1, -0.05) is 20.8 Å². The van der Waals surface area contributed by atoms with Gasteiger partial charge in [-0.05, 0) is 23.7 Å². The summed E-state index contributed by atoms with van der Waals surface area (Å²) in [5, 5.41) is 0. The minimum absolute atomic E-state index is 0.412. The van der Waals surface area contributed by atoms with Crippen LogP contribution in [0.3, 0.4) is 0 Å². The molecule has 0 aliphatic heterocycles. The Labute approximate surface area is 68.2 Å². The Hall–Kier alpha value is -0.330. The van der Waals surface area contributed by atoms with Crippen LogP contribution in [0, 0.1) is 23.2 Å². The van der Waals surface area contributed by atoms with Crippen molar-refractivity contribution in [3.63, 3.8) is 0 Å². The first-order valence-electron chi connectivity index (χ1n) is 4.56. The van der Waals surface area contributed by atoms with Crippen molar-refractivity contribution in [3.8, 4) is 0 Å². The molecule has 2 saturated carbocycles. The first kappa shape index (κ1) is 7.33. The lowest BCUT2D eigenvalue weighted by Crippen LogP contribution is -2.32. The predicted molar refractivity (Wildman–Crippen MR) is 44.2 cm³/mol. The van der Waals surface area contributed by atoms with E-state index in [4.69, 9.17) is 0 Å². The van der Waals surface area contributed by atoms with Gasteiger partial charge in [0.25, 0.3) is 0 Å². The molecule has 2 fully saturated rings. The monoisotopic (exact) mass is 152 g/mol. The highest BCUT2D eigenvalue weighted by atomic mass is 16.1. The van der Waals surface area contributed by atoms with Gasteiger partial charge in [-0.3, -0.25) is 4.79 Å². The Morgan fingerprint density at radius 2 is 2.09 bits per heavy atom. The lowest BCUT2D eigenvalue weighted by Gasteiger charge is -2.35. The highest BCUT2D eigenvalue weighted by molar-refractivity contribution is 5.85. The van der Waals surface area contributed by atoms with E-state index in [9.17, 15) is 4.79 Å². The fraction of sp³-hybridized carbons (Fsp3) is 0.900. The number of hydrogen-bond acceptors (Lipinski definition) is 1. The lowest BCUT2D eigenvalue weighted by molar-refractivity contribution is -0.125. The first-order chi connectivity index (χ1) is 5.03. The second kappa shape index (κ2) is 1.88. The van der Waals surface area contributed by atoms with Crippen molar-refractivity contribution in [2.45, 2.75) is 33.6 Å². The van der Waals surface area contributed by atoms with Gasteiger partial charge in [-0.2, -0.15) is 0 Å². The smallest absolute Gasteiger partial charge is 0.136 e. The van der Waals surface area contributed by atoms with E-state index in [0.29, 0.717) is 29.0 Å². The van der Waals surface area contributed by atoms with Gasteiger partial charge < -0.3 is 0 Å². The summed E-state index contributed by atoms with van der Waals surface area (Å²) in [6.07, 6.45) is 2.04. The van der Waals surface area contributed by atoms with Gasteiger partial charge >= 0.3 is 0 Å². The number of fused-ring (bicyclic) bond motifs is 2. The summed E-state index contributed by atoms with van der Waals surface area (Å²) in [6, 6.07) is 0. The molecule has 11 heavy (non-hydrogen) atoms. The third kappa shape index (κ3) is 0.743. The highest BCUT2D eigenvalue weighted by Gasteiger charge is 2.54. The van der Waals surface area contributed by atoms with Crippen LogP contribution in [0.4, 0.5) is 0 Å². The normalized spacial score (nSPS) is 46.8. The van der Waals surface area contributed by atoms with Crippen molar-refractivity contribution in [2.24, 2.45) is 23.2 Å². The summed E-state index contributed by atoms with van der Waals surface area (Å²) in [5.41, 5.74) is 0.429. The van der Waals surface area contributed by atoms with E-state index in [1.807, 2.05) is 0 Å². The van der Waals surface area contributed by atoms with E-state index < -0.39 is 0 Å². The fourth-order valence-electron chi connectivity index (χ4n) is 2.86. The average Bonchev–Trinajstić information content (AvgIpc) is 2.36. The molecule has 0 aromatic rings. The summed E-state index contributed by atoms with van der Waals surface area (Å²) in [5.74, 6) is 2.25. The lowest BCUT2D eigenvalue weighted by atomic mass is 9.69. The molecule has 2 aliphatic rings. The van der Waals surface area contributed by atoms with Gasteiger partial charge in [0, 0.05) is 12.3 Å². The van der Waals surface area contributed by atoms with E-state index >= 15 is 0 Å². The Morgan fingerprint density at radius 3 is 2.45 bits per heavy atom. The number of carbonyl (C=O) groups is 1. The summed E-state index contributed by atoms with van der Waals surface area (Å²) in [7, 11) is 0. The zero-order chi connectivity index (χ0) is 8.22. The molecule has 0 saturated heterocycles. The van der Waals surface area contributed by atoms with Gasteiger partial charge in [-0.25, -0.2) is 0 Å². The average molecular weight is 152 g/mol. The Bertz CT molecular complexity index is 201. The first-order valence-corrected chi connectivity index (χ1v) is 4.56. The molecule has 2 rings (SSSR count). The van der Waals surface area contributed by atoms with E-state index in [-0.39, 0.29) is 0 Å². The number of rotatable bonds is 0. The molecule has 0 spiro atoms. The zero-order valence-corrected chi connectivity index (χ0v) is 7.55. The third-order valence-electron chi connectivity index (χ3n) is 4.23. The molecule has 1 heteroatoms. The minimum atomic E-state index is 0.412. The molecule has 0 radical (unpaired) electrons. The van der Waals surface area contributed by atoms with Crippen molar-refractivity contribution in [3.05, 3.63) is 0 Å². The maximum absolute atomic E-state index is 11.3. The molecule has 0 heterocycles. The number of Topliss-reactive ketones (excluding diaryl/α,β-unsaturated/α-hetero) is 1. The molecule has 1 nitrogen and oxygen atoms in total. The summed E-state index contributed by atoms with van der Waals surface area (Å²) < 4.78 is 0. The summed E-state index contributed by atoms with van der Waals surface area (Å²) in [6.45, 7) is 6.87. The molecule has 3 atom stereocenters. The van der Waals surface area contributed by atoms with Gasteiger partial charge in [0.1, 0.15) is 5.78 Å². The molecule has 0 aromatic carbocycles. The molecule has 0 N–H and O–H groups in total. The summed E-state index contributed by atoms with van der Waals surface area (Å²) in [4.78, 5) is 11.3.